The number of carbonyl (C=O) groups is 1. The van der Waals surface area contributed by atoms with Crippen LogP contribution < -0.4 is 18.9 Å². The fourth-order valence-corrected chi connectivity index (χ4v) is 4.81. The van der Waals surface area contributed by atoms with Gasteiger partial charge in [-0.3, -0.25) is 9.69 Å². The van der Waals surface area contributed by atoms with Crippen molar-refractivity contribution in [2.24, 2.45) is 0 Å². The summed E-state index contributed by atoms with van der Waals surface area (Å²) < 4.78 is 23.2. The highest BCUT2D eigenvalue weighted by Gasteiger charge is 2.32. The maximum absolute atomic E-state index is 13.0. The van der Waals surface area contributed by atoms with E-state index in [1.54, 1.807) is 12.0 Å². The maximum Gasteiger partial charge on any atom is 0.266 e. The van der Waals surface area contributed by atoms with Crippen LogP contribution in [-0.2, 0) is 11.3 Å². The van der Waals surface area contributed by atoms with Crippen LogP contribution in [0.2, 0.25) is 0 Å². The first-order valence-corrected chi connectivity index (χ1v) is 12.8. The molecule has 0 bridgehead atoms. The summed E-state index contributed by atoms with van der Waals surface area (Å²) >= 11 is 6.78. The van der Waals surface area contributed by atoms with Crippen molar-refractivity contribution in [3.8, 4) is 23.0 Å². The van der Waals surface area contributed by atoms with Gasteiger partial charge in [-0.25, -0.2) is 0 Å². The number of methoxy groups -OCH3 is 1. The van der Waals surface area contributed by atoms with Gasteiger partial charge in [0.15, 0.2) is 11.5 Å². The predicted octanol–water partition coefficient (Wildman–Crippen LogP) is 5.95. The number of hydrogen-bond acceptors (Lipinski definition) is 7. The van der Waals surface area contributed by atoms with Gasteiger partial charge in [-0.15, -0.1) is 0 Å². The largest absolute Gasteiger partial charge is 0.497 e. The Morgan fingerprint density at radius 1 is 0.889 bits per heavy atom. The van der Waals surface area contributed by atoms with E-state index in [0.29, 0.717) is 52.8 Å². The molecule has 1 aliphatic heterocycles. The van der Waals surface area contributed by atoms with Gasteiger partial charge in [0.05, 0.1) is 25.2 Å². The number of hydrogen-bond donors (Lipinski definition) is 0. The molecule has 1 amide bonds. The first-order valence-electron chi connectivity index (χ1n) is 11.5. The molecule has 1 saturated heterocycles. The van der Waals surface area contributed by atoms with Crippen LogP contribution in [0.5, 0.6) is 23.0 Å². The van der Waals surface area contributed by atoms with Crippen molar-refractivity contribution in [3.05, 3.63) is 88.8 Å². The number of ether oxygens (including phenoxy) is 4. The van der Waals surface area contributed by atoms with E-state index in [4.69, 9.17) is 31.2 Å². The Kier molecular flexibility index (Phi) is 8.86. The van der Waals surface area contributed by atoms with Crippen molar-refractivity contribution in [2.75, 3.05) is 26.9 Å². The summed E-state index contributed by atoms with van der Waals surface area (Å²) in [6.45, 7) is 3.56. The minimum absolute atomic E-state index is 0.0955. The standard InChI is InChI=1S/C28H27NO5S2/c1-3-32-25-16-21(12-13-24(25)34-15-14-33-23-11-7-10-22(18-23)31-2)17-26-27(30)29(28(35)36-26)19-20-8-5-4-6-9-20/h4-13,16-18H,3,14-15,19H2,1-2H3/b26-17-. The summed E-state index contributed by atoms with van der Waals surface area (Å²) in [5.74, 6) is 2.57. The van der Waals surface area contributed by atoms with Gasteiger partial charge in [-0.05, 0) is 48.4 Å². The van der Waals surface area contributed by atoms with E-state index in [1.165, 1.54) is 11.8 Å². The summed E-state index contributed by atoms with van der Waals surface area (Å²) in [4.78, 5) is 15.2. The minimum Gasteiger partial charge on any atom is -0.497 e. The monoisotopic (exact) mass is 521 g/mol. The Morgan fingerprint density at radius 3 is 2.44 bits per heavy atom. The van der Waals surface area contributed by atoms with Crippen LogP contribution in [-0.4, -0.2) is 42.1 Å². The lowest BCUT2D eigenvalue weighted by Crippen LogP contribution is -2.27. The van der Waals surface area contributed by atoms with Crippen LogP contribution in [0.3, 0.4) is 0 Å². The van der Waals surface area contributed by atoms with Crippen LogP contribution in [0.1, 0.15) is 18.1 Å². The molecule has 4 rings (SSSR count). The second kappa shape index (κ2) is 12.5. The second-order valence-electron chi connectivity index (χ2n) is 7.77. The maximum atomic E-state index is 13.0. The number of nitrogens with zero attached hydrogens (tertiary/aromatic N) is 1. The molecular weight excluding hydrogens is 494 g/mol. The zero-order valence-electron chi connectivity index (χ0n) is 20.1. The molecule has 3 aromatic carbocycles. The van der Waals surface area contributed by atoms with Crippen LogP contribution in [0.15, 0.2) is 77.7 Å². The Hall–Kier alpha value is -3.49. The highest BCUT2D eigenvalue weighted by atomic mass is 32.2. The van der Waals surface area contributed by atoms with Gasteiger partial charge in [0.25, 0.3) is 5.91 Å². The average molecular weight is 522 g/mol. The number of thiocarbonyl (C=S) groups is 1. The molecule has 0 atom stereocenters. The summed E-state index contributed by atoms with van der Waals surface area (Å²) in [6, 6.07) is 22.8. The molecule has 3 aromatic rings. The molecule has 1 fully saturated rings. The molecular formula is C28H27NO5S2. The van der Waals surface area contributed by atoms with Gasteiger partial charge in [-0.1, -0.05) is 66.4 Å². The third-order valence-corrected chi connectivity index (χ3v) is 6.65. The molecule has 0 N–H and O–H groups in total. The van der Waals surface area contributed by atoms with E-state index >= 15 is 0 Å². The van der Waals surface area contributed by atoms with E-state index in [1.807, 2.05) is 85.8 Å². The van der Waals surface area contributed by atoms with Crippen molar-refractivity contribution < 1.29 is 23.7 Å². The van der Waals surface area contributed by atoms with Crippen LogP contribution >= 0.6 is 24.0 Å². The van der Waals surface area contributed by atoms with Gasteiger partial charge in [-0.2, -0.15) is 0 Å². The summed E-state index contributed by atoms with van der Waals surface area (Å²) in [7, 11) is 1.62. The lowest BCUT2D eigenvalue weighted by molar-refractivity contribution is -0.122. The normalized spacial score (nSPS) is 14.3. The zero-order valence-corrected chi connectivity index (χ0v) is 21.8. The van der Waals surface area contributed by atoms with Crippen molar-refractivity contribution in [1.82, 2.24) is 4.90 Å². The van der Waals surface area contributed by atoms with E-state index in [0.717, 1.165) is 16.9 Å². The van der Waals surface area contributed by atoms with Crippen LogP contribution in [0, 0.1) is 0 Å². The lowest BCUT2D eigenvalue weighted by Gasteiger charge is -2.14. The zero-order chi connectivity index (χ0) is 25.3. The minimum atomic E-state index is -0.0955. The molecule has 0 saturated carbocycles. The van der Waals surface area contributed by atoms with Gasteiger partial charge in [0.1, 0.15) is 29.0 Å². The van der Waals surface area contributed by atoms with Gasteiger partial charge >= 0.3 is 0 Å². The van der Waals surface area contributed by atoms with E-state index < -0.39 is 0 Å². The first-order chi connectivity index (χ1) is 17.6. The van der Waals surface area contributed by atoms with Crippen molar-refractivity contribution in [1.29, 1.82) is 0 Å². The average Bonchev–Trinajstić information content (AvgIpc) is 3.15. The lowest BCUT2D eigenvalue weighted by atomic mass is 10.1. The Morgan fingerprint density at radius 2 is 1.67 bits per heavy atom. The van der Waals surface area contributed by atoms with E-state index in [2.05, 4.69) is 0 Å². The molecule has 1 heterocycles. The van der Waals surface area contributed by atoms with Crippen LogP contribution in [0.25, 0.3) is 6.08 Å². The number of benzene rings is 3. The fourth-order valence-electron chi connectivity index (χ4n) is 3.56. The van der Waals surface area contributed by atoms with Crippen molar-refractivity contribution in [3.63, 3.8) is 0 Å². The highest BCUT2D eigenvalue weighted by molar-refractivity contribution is 8.26. The number of carbonyl (C=O) groups excluding carboxylic acids is 1. The number of amides is 1. The highest BCUT2D eigenvalue weighted by Crippen LogP contribution is 2.35. The Bertz CT molecular complexity index is 1250. The smallest absolute Gasteiger partial charge is 0.266 e. The topological polar surface area (TPSA) is 57.2 Å². The molecule has 0 spiro atoms. The molecule has 0 aromatic heterocycles. The van der Waals surface area contributed by atoms with Crippen LogP contribution in [0.4, 0.5) is 0 Å². The van der Waals surface area contributed by atoms with Gasteiger partial charge < -0.3 is 18.9 Å². The molecule has 1 aliphatic rings. The Balaban J connectivity index is 1.40. The van der Waals surface area contributed by atoms with Gasteiger partial charge in [0, 0.05) is 6.07 Å². The molecule has 6 nitrogen and oxygen atoms in total. The quantitative estimate of drug-likeness (QED) is 0.175. The number of thioether (sulfide) groups is 1. The predicted molar refractivity (Wildman–Crippen MR) is 147 cm³/mol. The molecule has 0 aliphatic carbocycles. The van der Waals surface area contributed by atoms with Gasteiger partial charge in [0.2, 0.25) is 0 Å². The molecule has 8 heteroatoms. The SMILES string of the molecule is CCOc1cc(/C=C2\SC(=S)N(Cc3ccccc3)C2=O)ccc1OCCOc1cccc(OC)c1. The summed E-state index contributed by atoms with van der Waals surface area (Å²) in [5.41, 5.74) is 1.87. The number of rotatable bonds is 11. The molecule has 36 heavy (non-hydrogen) atoms. The Labute approximate surface area is 220 Å². The van der Waals surface area contributed by atoms with E-state index in [-0.39, 0.29) is 5.91 Å². The molecule has 0 unspecified atom stereocenters. The third-order valence-electron chi connectivity index (χ3n) is 5.27. The molecule has 0 radical (unpaired) electrons. The third kappa shape index (κ3) is 6.59. The first kappa shape index (κ1) is 25.6. The van der Waals surface area contributed by atoms with E-state index in [9.17, 15) is 4.79 Å². The van der Waals surface area contributed by atoms with Crippen molar-refractivity contribution >= 4 is 40.3 Å². The summed E-state index contributed by atoms with van der Waals surface area (Å²) in [6.07, 6.45) is 1.84. The van der Waals surface area contributed by atoms with Crippen molar-refractivity contribution in [2.45, 2.75) is 13.5 Å². The summed E-state index contributed by atoms with van der Waals surface area (Å²) in [5, 5.41) is 0. The molecule has 186 valence electrons. The fraction of sp³-hybridized carbons (Fsp3) is 0.214. The second-order valence-corrected chi connectivity index (χ2v) is 9.44.